The number of nitrogens with zero attached hydrogens (tertiary/aromatic N) is 2. The highest BCUT2D eigenvalue weighted by Crippen LogP contribution is 2.10. The van der Waals surface area contributed by atoms with Crippen molar-refractivity contribution < 1.29 is 4.74 Å². The fourth-order valence-corrected chi connectivity index (χ4v) is 1.92. The number of rotatable bonds is 4. The molecule has 0 amide bonds. The molecule has 2 rings (SSSR count). The number of hydrogen-bond acceptors (Lipinski definition) is 4. The first kappa shape index (κ1) is 11.3. The average Bonchev–Trinajstić information content (AvgIpc) is 2.33. The van der Waals surface area contributed by atoms with Crippen LogP contribution in [0.3, 0.4) is 0 Å². The van der Waals surface area contributed by atoms with Crippen molar-refractivity contribution in [1.82, 2.24) is 15.3 Å². The number of hydrogen-bond donors (Lipinski definition) is 1. The van der Waals surface area contributed by atoms with Gasteiger partial charge in [-0.15, -0.1) is 0 Å². The molecule has 1 aromatic heterocycles. The number of piperidine rings is 1. The summed E-state index contributed by atoms with van der Waals surface area (Å²) in [5.74, 6) is 0. The molecule has 1 fully saturated rings. The Kier molecular flexibility index (Phi) is 4.10. The van der Waals surface area contributed by atoms with Gasteiger partial charge in [-0.25, -0.2) is 9.97 Å². The largest absolute Gasteiger partial charge is 0.463 e. The van der Waals surface area contributed by atoms with Gasteiger partial charge in [-0.3, -0.25) is 0 Å². The molecule has 1 saturated heterocycles. The van der Waals surface area contributed by atoms with E-state index in [0.717, 1.165) is 18.5 Å². The molecular formula is C12H19N3O. The van der Waals surface area contributed by atoms with E-state index in [0.29, 0.717) is 18.7 Å². The molecular weight excluding hydrogens is 202 g/mol. The minimum atomic E-state index is 0.487. The molecule has 0 saturated carbocycles. The summed E-state index contributed by atoms with van der Waals surface area (Å²) >= 11 is 0. The van der Waals surface area contributed by atoms with Gasteiger partial charge in [-0.1, -0.05) is 6.42 Å². The Labute approximate surface area is 96.4 Å². The Morgan fingerprint density at radius 2 is 2.19 bits per heavy atom. The predicted octanol–water partition coefficient (Wildman–Crippen LogP) is 1.70. The molecule has 88 valence electrons. The van der Waals surface area contributed by atoms with Crippen molar-refractivity contribution in [2.24, 2.45) is 0 Å². The van der Waals surface area contributed by atoms with Gasteiger partial charge in [0, 0.05) is 18.4 Å². The van der Waals surface area contributed by atoms with Crippen molar-refractivity contribution in [1.29, 1.82) is 0 Å². The van der Waals surface area contributed by atoms with Crippen LogP contribution in [0, 0.1) is 6.92 Å². The monoisotopic (exact) mass is 221 g/mol. The molecule has 1 atom stereocenters. The minimum Gasteiger partial charge on any atom is -0.463 e. The van der Waals surface area contributed by atoms with E-state index in [1.54, 1.807) is 12.4 Å². The summed E-state index contributed by atoms with van der Waals surface area (Å²) in [4.78, 5) is 8.21. The summed E-state index contributed by atoms with van der Waals surface area (Å²) in [6.45, 7) is 3.81. The van der Waals surface area contributed by atoms with Gasteiger partial charge >= 0.3 is 6.01 Å². The highest BCUT2D eigenvalue weighted by Gasteiger charge is 2.12. The van der Waals surface area contributed by atoms with Crippen LogP contribution in [0.25, 0.3) is 0 Å². The van der Waals surface area contributed by atoms with Crippen LogP contribution in [-0.2, 0) is 0 Å². The number of nitrogens with one attached hydrogen (secondary N) is 1. The van der Waals surface area contributed by atoms with Gasteiger partial charge in [-0.2, -0.15) is 0 Å². The standard InChI is InChI=1S/C12H19N3O/c1-10-8-14-12(15-9-10)16-7-5-11-4-2-3-6-13-11/h8-9,11,13H,2-7H2,1H3. The minimum absolute atomic E-state index is 0.487. The number of ether oxygens (including phenoxy) is 1. The van der Waals surface area contributed by atoms with Crippen LogP contribution in [0.4, 0.5) is 0 Å². The van der Waals surface area contributed by atoms with E-state index in [2.05, 4.69) is 15.3 Å². The summed E-state index contributed by atoms with van der Waals surface area (Å²) in [5, 5.41) is 3.49. The molecule has 2 heterocycles. The average molecular weight is 221 g/mol. The normalized spacial score (nSPS) is 20.7. The molecule has 16 heavy (non-hydrogen) atoms. The molecule has 1 aliphatic rings. The van der Waals surface area contributed by atoms with Gasteiger partial charge < -0.3 is 10.1 Å². The third-order valence-electron chi connectivity index (χ3n) is 2.87. The van der Waals surface area contributed by atoms with Crippen molar-refractivity contribution >= 4 is 0 Å². The van der Waals surface area contributed by atoms with Crippen molar-refractivity contribution in [2.75, 3.05) is 13.2 Å². The Morgan fingerprint density at radius 3 is 2.88 bits per heavy atom. The maximum atomic E-state index is 5.50. The second kappa shape index (κ2) is 5.80. The Morgan fingerprint density at radius 1 is 1.38 bits per heavy atom. The zero-order valence-electron chi connectivity index (χ0n) is 9.78. The summed E-state index contributed by atoms with van der Waals surface area (Å²) < 4.78 is 5.50. The third-order valence-corrected chi connectivity index (χ3v) is 2.87. The Balaban J connectivity index is 1.69. The SMILES string of the molecule is Cc1cnc(OCCC2CCCCN2)nc1. The third kappa shape index (κ3) is 3.45. The van der Waals surface area contributed by atoms with E-state index in [-0.39, 0.29) is 0 Å². The van der Waals surface area contributed by atoms with E-state index >= 15 is 0 Å². The summed E-state index contributed by atoms with van der Waals surface area (Å²) in [6.07, 6.45) is 8.49. The second-order valence-electron chi connectivity index (χ2n) is 4.33. The van der Waals surface area contributed by atoms with Gasteiger partial charge in [0.15, 0.2) is 0 Å². The molecule has 1 N–H and O–H groups in total. The molecule has 0 bridgehead atoms. The van der Waals surface area contributed by atoms with Crippen LogP contribution in [0.15, 0.2) is 12.4 Å². The lowest BCUT2D eigenvalue weighted by Gasteiger charge is -2.22. The molecule has 0 aliphatic carbocycles. The maximum Gasteiger partial charge on any atom is 0.316 e. The maximum absolute atomic E-state index is 5.50. The van der Waals surface area contributed by atoms with Crippen molar-refractivity contribution in [3.63, 3.8) is 0 Å². The van der Waals surface area contributed by atoms with E-state index < -0.39 is 0 Å². The van der Waals surface area contributed by atoms with Crippen LogP contribution < -0.4 is 10.1 Å². The van der Waals surface area contributed by atoms with Gasteiger partial charge in [0.05, 0.1) is 6.61 Å². The van der Waals surface area contributed by atoms with Gasteiger partial charge in [-0.05, 0) is 38.3 Å². The topological polar surface area (TPSA) is 47.0 Å². The predicted molar refractivity (Wildman–Crippen MR) is 62.5 cm³/mol. The summed E-state index contributed by atoms with van der Waals surface area (Å²) in [5.41, 5.74) is 1.06. The van der Waals surface area contributed by atoms with E-state index in [9.17, 15) is 0 Å². The van der Waals surface area contributed by atoms with E-state index in [4.69, 9.17) is 4.74 Å². The van der Waals surface area contributed by atoms with Crippen LogP contribution >= 0.6 is 0 Å². The smallest absolute Gasteiger partial charge is 0.316 e. The molecule has 0 aromatic carbocycles. The van der Waals surface area contributed by atoms with Gasteiger partial charge in [0.25, 0.3) is 0 Å². The fourth-order valence-electron chi connectivity index (χ4n) is 1.92. The Hall–Kier alpha value is -1.16. The van der Waals surface area contributed by atoms with Crippen LogP contribution in [0.5, 0.6) is 6.01 Å². The Bertz CT molecular complexity index is 307. The van der Waals surface area contributed by atoms with Crippen molar-refractivity contribution in [2.45, 2.75) is 38.6 Å². The molecule has 1 unspecified atom stereocenters. The van der Waals surface area contributed by atoms with Crippen LogP contribution in [0.2, 0.25) is 0 Å². The first-order chi connectivity index (χ1) is 7.84. The highest BCUT2D eigenvalue weighted by atomic mass is 16.5. The zero-order chi connectivity index (χ0) is 11.2. The fraction of sp³-hybridized carbons (Fsp3) is 0.667. The summed E-state index contributed by atoms with van der Waals surface area (Å²) in [7, 11) is 0. The molecule has 4 heteroatoms. The molecule has 4 nitrogen and oxygen atoms in total. The van der Waals surface area contributed by atoms with Crippen LogP contribution in [0.1, 0.15) is 31.2 Å². The van der Waals surface area contributed by atoms with Crippen molar-refractivity contribution in [3.05, 3.63) is 18.0 Å². The second-order valence-corrected chi connectivity index (χ2v) is 4.33. The first-order valence-electron chi connectivity index (χ1n) is 5.99. The molecule has 0 spiro atoms. The lowest BCUT2D eigenvalue weighted by atomic mass is 10.0. The van der Waals surface area contributed by atoms with Gasteiger partial charge in [0.1, 0.15) is 0 Å². The number of aromatic nitrogens is 2. The lowest BCUT2D eigenvalue weighted by molar-refractivity contribution is 0.252. The molecule has 1 aliphatic heterocycles. The molecule has 0 radical (unpaired) electrons. The number of aryl methyl sites for hydroxylation is 1. The van der Waals surface area contributed by atoms with Crippen LogP contribution in [-0.4, -0.2) is 29.2 Å². The highest BCUT2D eigenvalue weighted by molar-refractivity contribution is 5.04. The van der Waals surface area contributed by atoms with Crippen molar-refractivity contribution in [3.8, 4) is 6.01 Å². The lowest BCUT2D eigenvalue weighted by Crippen LogP contribution is -2.35. The van der Waals surface area contributed by atoms with E-state index in [1.165, 1.54) is 19.3 Å². The quantitative estimate of drug-likeness (QED) is 0.840. The van der Waals surface area contributed by atoms with Gasteiger partial charge in [0.2, 0.25) is 0 Å². The zero-order valence-corrected chi connectivity index (χ0v) is 9.78. The van der Waals surface area contributed by atoms with E-state index in [1.807, 2.05) is 6.92 Å². The first-order valence-corrected chi connectivity index (χ1v) is 5.99. The summed E-state index contributed by atoms with van der Waals surface area (Å²) in [6, 6.07) is 1.10. The molecule has 1 aromatic rings.